The van der Waals surface area contributed by atoms with E-state index in [4.69, 9.17) is 22.1 Å². The van der Waals surface area contributed by atoms with E-state index in [1.54, 1.807) is 0 Å². The van der Waals surface area contributed by atoms with Crippen LogP contribution in [0, 0.1) is 5.82 Å². The van der Waals surface area contributed by atoms with Gasteiger partial charge in [-0.25, -0.2) is 4.39 Å². The van der Waals surface area contributed by atoms with Crippen molar-refractivity contribution in [3.8, 4) is 0 Å². The quantitative estimate of drug-likeness (QED) is 0.691. The topological polar surface area (TPSA) is 67.5 Å². The number of halogens is 2. The van der Waals surface area contributed by atoms with Gasteiger partial charge in [-0.15, -0.1) is 0 Å². The lowest BCUT2D eigenvalue weighted by Gasteiger charge is -2.13. The molecule has 1 unspecified atom stereocenters. The van der Waals surface area contributed by atoms with Crippen molar-refractivity contribution in [2.75, 3.05) is 31.3 Å². The van der Waals surface area contributed by atoms with Crippen molar-refractivity contribution in [3.05, 3.63) is 23.0 Å². The van der Waals surface area contributed by atoms with E-state index in [0.29, 0.717) is 11.4 Å². The fourth-order valence-corrected chi connectivity index (χ4v) is 1.37. The van der Waals surface area contributed by atoms with Crippen LogP contribution in [0.5, 0.6) is 0 Å². The maximum atomic E-state index is 13.1. The SMILES string of the molecule is COCC(O)CNc1cc(F)c(Cl)cc1N. The third kappa shape index (κ3) is 3.52. The van der Waals surface area contributed by atoms with E-state index in [1.807, 2.05) is 0 Å². The van der Waals surface area contributed by atoms with Gasteiger partial charge in [0.1, 0.15) is 5.82 Å². The summed E-state index contributed by atoms with van der Waals surface area (Å²) in [6.45, 7) is 0.419. The second-order valence-electron chi connectivity index (χ2n) is 3.34. The maximum absolute atomic E-state index is 13.1. The second-order valence-corrected chi connectivity index (χ2v) is 3.75. The highest BCUT2D eigenvalue weighted by Gasteiger charge is 2.08. The number of anilines is 2. The van der Waals surface area contributed by atoms with Gasteiger partial charge in [0.15, 0.2) is 0 Å². The predicted molar refractivity (Wildman–Crippen MR) is 62.2 cm³/mol. The summed E-state index contributed by atoms with van der Waals surface area (Å²) in [5.41, 5.74) is 6.35. The molecule has 1 aromatic carbocycles. The molecule has 16 heavy (non-hydrogen) atoms. The van der Waals surface area contributed by atoms with Crippen LogP contribution in [0.3, 0.4) is 0 Å². The molecule has 0 saturated heterocycles. The third-order valence-electron chi connectivity index (χ3n) is 1.98. The van der Waals surface area contributed by atoms with Crippen molar-refractivity contribution in [1.29, 1.82) is 0 Å². The number of methoxy groups -OCH3 is 1. The Bertz CT molecular complexity index is 363. The van der Waals surface area contributed by atoms with E-state index in [2.05, 4.69) is 5.32 Å². The standard InChI is InChI=1S/C10H14ClFN2O2/c1-16-5-6(15)4-14-10-3-8(12)7(11)2-9(10)13/h2-3,6,14-15H,4-5,13H2,1H3. The highest BCUT2D eigenvalue weighted by molar-refractivity contribution is 6.31. The molecule has 0 bridgehead atoms. The van der Waals surface area contributed by atoms with Gasteiger partial charge < -0.3 is 20.9 Å². The van der Waals surface area contributed by atoms with Crippen molar-refractivity contribution >= 4 is 23.0 Å². The average molecular weight is 249 g/mol. The molecule has 0 aliphatic carbocycles. The van der Waals surface area contributed by atoms with Crippen LogP contribution in [0.4, 0.5) is 15.8 Å². The monoisotopic (exact) mass is 248 g/mol. The van der Waals surface area contributed by atoms with Gasteiger partial charge in [0.25, 0.3) is 0 Å². The van der Waals surface area contributed by atoms with Gasteiger partial charge in [-0.2, -0.15) is 0 Å². The Kier molecular flexibility index (Phi) is 4.79. The van der Waals surface area contributed by atoms with E-state index in [0.717, 1.165) is 0 Å². The number of ether oxygens (including phenoxy) is 1. The molecule has 0 heterocycles. The van der Waals surface area contributed by atoms with Gasteiger partial charge in [-0.05, 0) is 6.07 Å². The largest absolute Gasteiger partial charge is 0.397 e. The van der Waals surface area contributed by atoms with Gasteiger partial charge in [-0.3, -0.25) is 0 Å². The highest BCUT2D eigenvalue weighted by atomic mass is 35.5. The Hall–Kier alpha value is -1.04. The molecule has 0 aliphatic rings. The Labute approximate surface area is 98.2 Å². The van der Waals surface area contributed by atoms with Crippen LogP contribution >= 0.6 is 11.6 Å². The summed E-state index contributed by atoms with van der Waals surface area (Å²) in [7, 11) is 1.49. The number of aliphatic hydroxyl groups is 1. The number of aliphatic hydroxyl groups excluding tert-OH is 1. The minimum atomic E-state index is -0.678. The Morgan fingerprint density at radius 1 is 1.62 bits per heavy atom. The summed E-state index contributed by atoms with van der Waals surface area (Å²) < 4.78 is 17.9. The summed E-state index contributed by atoms with van der Waals surface area (Å²) in [6.07, 6.45) is -0.678. The van der Waals surface area contributed by atoms with Crippen molar-refractivity contribution < 1.29 is 14.2 Å². The van der Waals surface area contributed by atoms with E-state index in [9.17, 15) is 9.50 Å². The molecule has 0 spiro atoms. The van der Waals surface area contributed by atoms with E-state index in [1.165, 1.54) is 19.2 Å². The second kappa shape index (κ2) is 5.89. The van der Waals surface area contributed by atoms with Gasteiger partial charge in [-0.1, -0.05) is 11.6 Å². The first-order valence-corrected chi connectivity index (χ1v) is 5.07. The Morgan fingerprint density at radius 3 is 2.94 bits per heavy atom. The number of hydrogen-bond donors (Lipinski definition) is 3. The number of rotatable bonds is 5. The Morgan fingerprint density at radius 2 is 2.31 bits per heavy atom. The molecule has 4 N–H and O–H groups in total. The summed E-state index contributed by atoms with van der Waals surface area (Å²) in [6, 6.07) is 2.51. The molecule has 1 aromatic rings. The molecule has 1 rings (SSSR count). The summed E-state index contributed by atoms with van der Waals surface area (Å²) in [5, 5.41) is 12.2. The summed E-state index contributed by atoms with van der Waals surface area (Å²) >= 11 is 5.55. The fourth-order valence-electron chi connectivity index (χ4n) is 1.19. The Balaban J connectivity index is 2.63. The summed E-state index contributed by atoms with van der Waals surface area (Å²) in [4.78, 5) is 0. The normalized spacial score (nSPS) is 12.5. The van der Waals surface area contributed by atoms with Crippen LogP contribution in [-0.4, -0.2) is 31.5 Å². The van der Waals surface area contributed by atoms with E-state index < -0.39 is 11.9 Å². The first-order valence-electron chi connectivity index (χ1n) is 4.70. The fraction of sp³-hybridized carbons (Fsp3) is 0.400. The number of hydrogen-bond acceptors (Lipinski definition) is 4. The molecule has 0 saturated carbocycles. The molecule has 0 aromatic heterocycles. The first-order chi connectivity index (χ1) is 7.54. The van der Waals surface area contributed by atoms with Crippen molar-refractivity contribution in [1.82, 2.24) is 0 Å². The number of nitrogens with one attached hydrogen (secondary N) is 1. The number of nitrogens with two attached hydrogens (primary N) is 1. The van der Waals surface area contributed by atoms with Crippen molar-refractivity contribution in [2.24, 2.45) is 0 Å². The van der Waals surface area contributed by atoms with Crippen LogP contribution in [0.25, 0.3) is 0 Å². The molecule has 1 atom stereocenters. The van der Waals surface area contributed by atoms with Crippen LogP contribution < -0.4 is 11.1 Å². The zero-order valence-corrected chi connectivity index (χ0v) is 9.59. The zero-order chi connectivity index (χ0) is 12.1. The average Bonchev–Trinajstić information content (AvgIpc) is 2.22. The summed E-state index contributed by atoms with van der Waals surface area (Å²) in [5.74, 6) is -0.556. The van der Waals surface area contributed by atoms with Crippen molar-refractivity contribution in [2.45, 2.75) is 6.10 Å². The maximum Gasteiger partial charge on any atom is 0.143 e. The molecular weight excluding hydrogens is 235 g/mol. The van der Waals surface area contributed by atoms with Gasteiger partial charge >= 0.3 is 0 Å². The van der Waals surface area contributed by atoms with E-state index >= 15 is 0 Å². The van der Waals surface area contributed by atoms with Gasteiger partial charge in [0, 0.05) is 19.7 Å². The minimum Gasteiger partial charge on any atom is -0.397 e. The van der Waals surface area contributed by atoms with Crippen molar-refractivity contribution in [3.63, 3.8) is 0 Å². The molecular formula is C10H14ClFN2O2. The third-order valence-corrected chi connectivity index (χ3v) is 2.27. The molecule has 4 nitrogen and oxygen atoms in total. The molecule has 90 valence electrons. The minimum absolute atomic E-state index is 0.0273. The number of benzene rings is 1. The highest BCUT2D eigenvalue weighted by Crippen LogP contribution is 2.25. The first kappa shape index (κ1) is 13.0. The lowest BCUT2D eigenvalue weighted by molar-refractivity contribution is 0.0727. The van der Waals surface area contributed by atoms with E-state index in [-0.39, 0.29) is 18.2 Å². The number of nitrogen functional groups attached to an aromatic ring is 1. The molecule has 6 heteroatoms. The lowest BCUT2D eigenvalue weighted by atomic mass is 10.2. The van der Waals surface area contributed by atoms with Crippen LogP contribution in [0.1, 0.15) is 0 Å². The van der Waals surface area contributed by atoms with Crippen LogP contribution in [0.15, 0.2) is 12.1 Å². The van der Waals surface area contributed by atoms with Crippen LogP contribution in [-0.2, 0) is 4.74 Å². The van der Waals surface area contributed by atoms with Gasteiger partial charge in [0.05, 0.1) is 29.1 Å². The lowest BCUT2D eigenvalue weighted by Crippen LogP contribution is -2.24. The molecule has 0 amide bonds. The van der Waals surface area contributed by atoms with Gasteiger partial charge in [0.2, 0.25) is 0 Å². The molecule has 0 aliphatic heterocycles. The van der Waals surface area contributed by atoms with Crippen LogP contribution in [0.2, 0.25) is 5.02 Å². The smallest absolute Gasteiger partial charge is 0.143 e. The molecule has 0 radical (unpaired) electrons. The zero-order valence-electron chi connectivity index (χ0n) is 8.84. The molecule has 0 fully saturated rings. The predicted octanol–water partition coefficient (Wildman–Crippen LogP) is 1.48.